The van der Waals surface area contributed by atoms with Crippen LogP contribution in [0.15, 0.2) is 30.3 Å². The smallest absolute Gasteiger partial charge is 0.338 e. The van der Waals surface area contributed by atoms with Crippen LogP contribution in [0, 0.1) is 6.61 Å². The predicted molar refractivity (Wildman–Crippen MR) is 47.5 cm³/mol. The van der Waals surface area contributed by atoms with Gasteiger partial charge in [0, 0.05) is 0 Å². The summed E-state index contributed by atoms with van der Waals surface area (Å²) in [7, 11) is 1.31. The molecule has 1 radical (unpaired) electrons. The maximum absolute atomic E-state index is 10.6. The summed E-state index contributed by atoms with van der Waals surface area (Å²) >= 11 is 0. The van der Waals surface area contributed by atoms with Crippen molar-refractivity contribution < 1.29 is 14.3 Å². The molecule has 0 heterocycles. The fourth-order valence-corrected chi connectivity index (χ4v) is 0.828. The Morgan fingerprint density at radius 3 is 2.69 bits per heavy atom. The number of ether oxygens (including phenoxy) is 2. The van der Waals surface area contributed by atoms with Crippen LogP contribution in [0.1, 0.15) is 5.56 Å². The average Bonchev–Trinajstić information content (AvgIpc) is 2.19. The van der Waals surface area contributed by atoms with Crippen molar-refractivity contribution in [2.75, 3.05) is 7.11 Å². The molecule has 69 valence electrons. The van der Waals surface area contributed by atoms with Crippen LogP contribution in [0.2, 0.25) is 0 Å². The monoisotopic (exact) mass is 179 g/mol. The average molecular weight is 179 g/mol. The molecule has 0 atom stereocenters. The van der Waals surface area contributed by atoms with Crippen LogP contribution in [-0.2, 0) is 20.9 Å². The van der Waals surface area contributed by atoms with E-state index in [1.54, 1.807) is 0 Å². The lowest BCUT2D eigenvalue weighted by Gasteiger charge is -2.01. The second-order valence-corrected chi connectivity index (χ2v) is 2.44. The number of benzene rings is 1. The molecule has 0 saturated carbocycles. The number of hydrogen-bond donors (Lipinski definition) is 0. The van der Waals surface area contributed by atoms with Crippen molar-refractivity contribution >= 4 is 5.97 Å². The van der Waals surface area contributed by atoms with Crippen molar-refractivity contribution in [1.82, 2.24) is 0 Å². The second kappa shape index (κ2) is 5.32. The van der Waals surface area contributed by atoms with Crippen molar-refractivity contribution in [3.05, 3.63) is 42.5 Å². The van der Waals surface area contributed by atoms with Crippen LogP contribution in [0.3, 0.4) is 0 Å². The van der Waals surface area contributed by atoms with Crippen LogP contribution >= 0.6 is 0 Å². The fraction of sp³-hybridized carbons (Fsp3) is 0.200. The Morgan fingerprint density at radius 1 is 1.38 bits per heavy atom. The molecule has 0 bridgehead atoms. The van der Waals surface area contributed by atoms with Crippen LogP contribution in [-0.4, -0.2) is 13.1 Å². The maximum Gasteiger partial charge on any atom is 0.338 e. The zero-order chi connectivity index (χ0) is 9.52. The Balaban J connectivity index is 2.24. The summed E-state index contributed by atoms with van der Waals surface area (Å²) in [6.45, 7) is 1.45. The first-order valence-corrected chi connectivity index (χ1v) is 3.89. The molecule has 1 aromatic carbocycles. The van der Waals surface area contributed by atoms with E-state index in [2.05, 4.69) is 4.74 Å². The summed E-state index contributed by atoms with van der Waals surface area (Å²) in [5, 5.41) is 0. The minimum absolute atomic E-state index is 0.385. The van der Waals surface area contributed by atoms with E-state index in [1.807, 2.05) is 30.3 Å². The number of carbonyl (C=O) groups is 1. The van der Waals surface area contributed by atoms with Gasteiger partial charge in [0.25, 0.3) is 0 Å². The second-order valence-electron chi connectivity index (χ2n) is 2.44. The molecule has 0 aliphatic heterocycles. The summed E-state index contributed by atoms with van der Waals surface area (Å²) < 4.78 is 9.34. The number of esters is 1. The highest BCUT2D eigenvalue weighted by Crippen LogP contribution is 2.01. The van der Waals surface area contributed by atoms with Gasteiger partial charge in [0.05, 0.1) is 13.7 Å². The van der Waals surface area contributed by atoms with Crippen molar-refractivity contribution in [3.63, 3.8) is 0 Å². The molecule has 0 aromatic heterocycles. The van der Waals surface area contributed by atoms with Crippen LogP contribution in [0.5, 0.6) is 0 Å². The Labute approximate surface area is 77.3 Å². The largest absolute Gasteiger partial charge is 0.467 e. The first kappa shape index (κ1) is 9.74. The maximum atomic E-state index is 10.6. The van der Waals surface area contributed by atoms with Gasteiger partial charge in [-0.05, 0) is 5.56 Å². The summed E-state index contributed by atoms with van der Waals surface area (Å²) in [5.74, 6) is -0.476. The molecule has 3 nitrogen and oxygen atoms in total. The zero-order valence-electron chi connectivity index (χ0n) is 7.40. The third-order valence-electron chi connectivity index (χ3n) is 1.47. The highest BCUT2D eigenvalue weighted by molar-refractivity contribution is 5.76. The molecule has 13 heavy (non-hydrogen) atoms. The van der Waals surface area contributed by atoms with Gasteiger partial charge in [0.15, 0.2) is 6.61 Å². The molecule has 0 saturated heterocycles. The van der Waals surface area contributed by atoms with Crippen molar-refractivity contribution in [1.29, 1.82) is 0 Å². The van der Waals surface area contributed by atoms with Gasteiger partial charge in [-0.2, -0.15) is 0 Å². The van der Waals surface area contributed by atoms with Gasteiger partial charge in [-0.25, -0.2) is 4.79 Å². The van der Waals surface area contributed by atoms with E-state index < -0.39 is 5.97 Å². The molecule has 1 aromatic rings. The van der Waals surface area contributed by atoms with Gasteiger partial charge in [0.1, 0.15) is 0 Å². The lowest BCUT2D eigenvalue weighted by atomic mass is 10.2. The van der Waals surface area contributed by atoms with E-state index in [1.165, 1.54) is 7.11 Å². The zero-order valence-corrected chi connectivity index (χ0v) is 7.40. The molecule has 0 amide bonds. The van der Waals surface area contributed by atoms with Gasteiger partial charge < -0.3 is 9.47 Å². The van der Waals surface area contributed by atoms with E-state index in [0.29, 0.717) is 6.61 Å². The minimum atomic E-state index is -0.476. The number of carbonyl (C=O) groups excluding carboxylic acids is 1. The van der Waals surface area contributed by atoms with Gasteiger partial charge in [-0.1, -0.05) is 30.3 Å². The van der Waals surface area contributed by atoms with E-state index in [9.17, 15) is 4.79 Å². The first-order valence-electron chi connectivity index (χ1n) is 3.89. The summed E-state index contributed by atoms with van der Waals surface area (Å²) in [6.07, 6.45) is 0. The SMILES string of the molecule is COC(=O)[CH]OCc1ccccc1. The van der Waals surface area contributed by atoms with E-state index >= 15 is 0 Å². The highest BCUT2D eigenvalue weighted by Gasteiger charge is 2.00. The first-order chi connectivity index (χ1) is 6.33. The van der Waals surface area contributed by atoms with Crippen LogP contribution in [0.25, 0.3) is 0 Å². The molecule has 0 N–H and O–H groups in total. The molecule has 0 spiro atoms. The normalized spacial score (nSPS) is 9.62. The standard InChI is InChI=1S/C10H11O3/c1-12-10(11)8-13-7-9-5-3-2-4-6-9/h2-6,8H,7H2,1H3. The molecule has 0 fully saturated rings. The number of rotatable bonds is 4. The van der Waals surface area contributed by atoms with E-state index in [0.717, 1.165) is 12.2 Å². The molecule has 0 aliphatic carbocycles. The molecule has 0 aliphatic rings. The molecular weight excluding hydrogens is 168 g/mol. The number of hydrogen-bond acceptors (Lipinski definition) is 3. The molecular formula is C10H11O3. The van der Waals surface area contributed by atoms with Crippen LogP contribution in [0.4, 0.5) is 0 Å². The summed E-state index contributed by atoms with van der Waals surface area (Å²) in [4.78, 5) is 10.6. The van der Waals surface area contributed by atoms with Crippen LogP contribution < -0.4 is 0 Å². The quantitative estimate of drug-likeness (QED) is 0.657. The van der Waals surface area contributed by atoms with Crippen molar-refractivity contribution in [3.8, 4) is 0 Å². The van der Waals surface area contributed by atoms with Gasteiger partial charge >= 0.3 is 5.97 Å². The fourth-order valence-electron chi connectivity index (χ4n) is 0.828. The van der Waals surface area contributed by atoms with Gasteiger partial charge in [-0.3, -0.25) is 0 Å². The molecule has 3 heteroatoms. The Morgan fingerprint density at radius 2 is 2.08 bits per heavy atom. The Kier molecular flexibility index (Phi) is 3.99. The summed E-state index contributed by atoms with van der Waals surface area (Å²) in [5.41, 5.74) is 1.02. The Bertz CT molecular complexity index is 256. The van der Waals surface area contributed by atoms with E-state index in [4.69, 9.17) is 4.74 Å². The molecule has 1 rings (SSSR count). The lowest BCUT2D eigenvalue weighted by molar-refractivity contribution is -0.141. The third kappa shape index (κ3) is 3.71. The Hall–Kier alpha value is -1.35. The topological polar surface area (TPSA) is 35.5 Å². The van der Waals surface area contributed by atoms with Gasteiger partial charge in [0.2, 0.25) is 0 Å². The van der Waals surface area contributed by atoms with Gasteiger partial charge in [-0.15, -0.1) is 0 Å². The van der Waals surface area contributed by atoms with Crippen molar-refractivity contribution in [2.45, 2.75) is 6.61 Å². The predicted octanol–water partition coefficient (Wildman–Crippen LogP) is 1.54. The number of methoxy groups -OCH3 is 1. The minimum Gasteiger partial charge on any atom is -0.467 e. The summed E-state index contributed by atoms with van der Waals surface area (Å²) in [6, 6.07) is 9.59. The van der Waals surface area contributed by atoms with Crippen molar-refractivity contribution in [2.24, 2.45) is 0 Å². The third-order valence-corrected chi connectivity index (χ3v) is 1.47. The lowest BCUT2D eigenvalue weighted by Crippen LogP contribution is -2.03. The molecule has 0 unspecified atom stereocenters. The van der Waals surface area contributed by atoms with E-state index in [-0.39, 0.29) is 0 Å². The highest BCUT2D eigenvalue weighted by atomic mass is 16.6.